The van der Waals surface area contributed by atoms with Crippen molar-refractivity contribution >= 4 is 29.7 Å². The Morgan fingerprint density at radius 2 is 2.00 bits per heavy atom. The topological polar surface area (TPSA) is 103 Å². The van der Waals surface area contributed by atoms with E-state index in [9.17, 15) is 14.4 Å². The molecule has 22 heavy (non-hydrogen) atoms. The second kappa shape index (κ2) is 6.35. The largest absolute Gasteiger partial charge is 0.447 e. The van der Waals surface area contributed by atoms with E-state index in [1.807, 2.05) is 13.8 Å². The lowest BCUT2D eigenvalue weighted by Gasteiger charge is -2.14. The van der Waals surface area contributed by atoms with Gasteiger partial charge in [0.1, 0.15) is 11.6 Å². The third-order valence-electron chi connectivity index (χ3n) is 3.60. The van der Waals surface area contributed by atoms with Crippen molar-refractivity contribution < 1.29 is 19.1 Å². The van der Waals surface area contributed by atoms with E-state index in [1.165, 1.54) is 0 Å². The van der Waals surface area contributed by atoms with Gasteiger partial charge < -0.3 is 10.5 Å². The van der Waals surface area contributed by atoms with Crippen molar-refractivity contribution in [2.24, 2.45) is 5.73 Å². The fraction of sp³-hybridized carbons (Fsp3) is 0.429. The molecule has 1 aliphatic rings. The Kier molecular flexibility index (Phi) is 4.70. The first-order valence-electron chi connectivity index (χ1n) is 6.70. The number of pyridine rings is 1. The van der Waals surface area contributed by atoms with Crippen LogP contribution in [0, 0.1) is 20.8 Å². The molecule has 1 aromatic heterocycles. The Balaban J connectivity index is 2.21. The van der Waals surface area contributed by atoms with E-state index in [0.29, 0.717) is 10.6 Å². The molecule has 0 atom stereocenters. The molecule has 2 rings (SSSR count). The van der Waals surface area contributed by atoms with E-state index in [2.05, 4.69) is 4.98 Å². The van der Waals surface area contributed by atoms with Crippen LogP contribution >= 0.6 is 11.8 Å². The molecule has 118 valence electrons. The van der Waals surface area contributed by atoms with Gasteiger partial charge >= 0.3 is 6.09 Å². The first kappa shape index (κ1) is 16.3. The Morgan fingerprint density at radius 3 is 2.55 bits per heavy atom. The van der Waals surface area contributed by atoms with Crippen LogP contribution in [-0.4, -0.2) is 46.7 Å². The summed E-state index contributed by atoms with van der Waals surface area (Å²) in [6.45, 7) is 5.96. The summed E-state index contributed by atoms with van der Waals surface area (Å²) in [5.74, 6) is -0.964. The minimum atomic E-state index is -0.634. The van der Waals surface area contributed by atoms with Crippen LogP contribution in [-0.2, 0) is 9.53 Å². The maximum absolute atomic E-state index is 12.0. The number of rotatable bonds is 4. The maximum Gasteiger partial charge on any atom is 0.416 e. The summed E-state index contributed by atoms with van der Waals surface area (Å²) in [6, 6.07) is 0. The Hall–Kier alpha value is -2.09. The lowest BCUT2D eigenvalue weighted by Crippen LogP contribution is -2.33. The summed E-state index contributed by atoms with van der Waals surface area (Å²) < 4.78 is 4.72. The van der Waals surface area contributed by atoms with Crippen LogP contribution in [0.1, 0.15) is 27.2 Å². The van der Waals surface area contributed by atoms with Crippen molar-refractivity contribution in [2.75, 3.05) is 18.9 Å². The van der Waals surface area contributed by atoms with Gasteiger partial charge in [-0.3, -0.25) is 9.59 Å². The van der Waals surface area contributed by atoms with Crippen molar-refractivity contribution in [2.45, 2.75) is 25.8 Å². The summed E-state index contributed by atoms with van der Waals surface area (Å²) in [4.78, 5) is 40.4. The Bertz CT molecular complexity index is 660. The highest BCUT2D eigenvalue weighted by Gasteiger charge is 2.28. The predicted molar refractivity (Wildman–Crippen MR) is 80.8 cm³/mol. The molecule has 3 amide bonds. The lowest BCUT2D eigenvalue weighted by atomic mass is 10.0. The maximum atomic E-state index is 12.0. The normalized spacial score (nSPS) is 14.1. The van der Waals surface area contributed by atoms with E-state index >= 15 is 0 Å². The second-order valence-corrected chi connectivity index (χ2v) is 5.90. The number of carbonyl (C=O) groups excluding carboxylic acids is 3. The summed E-state index contributed by atoms with van der Waals surface area (Å²) in [5, 5.41) is 0.411. The smallest absolute Gasteiger partial charge is 0.416 e. The summed E-state index contributed by atoms with van der Waals surface area (Å²) >= 11 is 1.10. The number of hydrogen-bond acceptors (Lipinski definition) is 6. The van der Waals surface area contributed by atoms with Crippen LogP contribution < -0.4 is 5.73 Å². The molecule has 0 saturated carbocycles. The molecule has 2 N–H and O–H groups in total. The van der Waals surface area contributed by atoms with Gasteiger partial charge in [0.15, 0.2) is 0 Å². The zero-order valence-electron chi connectivity index (χ0n) is 12.6. The molecule has 0 radical (unpaired) electrons. The van der Waals surface area contributed by atoms with Gasteiger partial charge in [0.05, 0.1) is 17.9 Å². The first-order valence-corrected chi connectivity index (χ1v) is 7.69. The van der Waals surface area contributed by atoms with Crippen LogP contribution in [0.25, 0.3) is 0 Å². The fourth-order valence-electron chi connectivity index (χ4n) is 2.13. The number of carbonyl (C=O) groups is 3. The van der Waals surface area contributed by atoms with E-state index < -0.39 is 12.0 Å². The predicted octanol–water partition coefficient (Wildman–Crippen LogP) is 1.18. The number of cyclic esters (lactones) is 1. The summed E-state index contributed by atoms with van der Waals surface area (Å²) in [5.41, 5.74) is 8.18. The number of nitrogens with zero attached hydrogens (tertiary/aromatic N) is 2. The van der Waals surface area contributed by atoms with Crippen molar-refractivity contribution in [1.29, 1.82) is 0 Å². The molecule has 2 heterocycles. The van der Waals surface area contributed by atoms with Crippen LogP contribution in [0.2, 0.25) is 0 Å². The van der Waals surface area contributed by atoms with Crippen molar-refractivity contribution in [1.82, 2.24) is 9.88 Å². The number of aryl methyl sites for hydroxylation is 1. The highest BCUT2D eigenvalue weighted by molar-refractivity contribution is 8.00. The van der Waals surface area contributed by atoms with E-state index in [0.717, 1.165) is 33.5 Å². The highest BCUT2D eigenvalue weighted by Crippen LogP contribution is 2.27. The molecule has 1 aliphatic heterocycles. The molecule has 0 aromatic carbocycles. The molecule has 7 nitrogen and oxygen atoms in total. The number of thioether (sulfide) groups is 1. The number of imide groups is 1. The molecule has 1 aromatic rings. The van der Waals surface area contributed by atoms with Crippen molar-refractivity contribution in [3.8, 4) is 0 Å². The van der Waals surface area contributed by atoms with Gasteiger partial charge in [-0.2, -0.15) is 0 Å². The number of hydrogen-bond donors (Lipinski definition) is 1. The molecular weight excluding hydrogens is 306 g/mol. The van der Waals surface area contributed by atoms with Crippen LogP contribution in [0.5, 0.6) is 0 Å². The Labute approximate surface area is 132 Å². The second-order valence-electron chi connectivity index (χ2n) is 4.94. The van der Waals surface area contributed by atoms with Gasteiger partial charge in [0.2, 0.25) is 5.91 Å². The summed E-state index contributed by atoms with van der Waals surface area (Å²) in [7, 11) is 0. The number of amides is 3. The van der Waals surface area contributed by atoms with Gasteiger partial charge in [0, 0.05) is 5.69 Å². The quantitative estimate of drug-likeness (QED) is 0.835. The fourth-order valence-corrected chi connectivity index (χ4v) is 3.15. The lowest BCUT2D eigenvalue weighted by molar-refractivity contribution is -0.125. The monoisotopic (exact) mass is 323 g/mol. The molecule has 8 heteroatoms. The van der Waals surface area contributed by atoms with Crippen LogP contribution in [0.4, 0.5) is 4.79 Å². The average molecular weight is 323 g/mol. The van der Waals surface area contributed by atoms with Crippen LogP contribution in [0.15, 0.2) is 5.03 Å². The Morgan fingerprint density at radius 1 is 1.32 bits per heavy atom. The summed E-state index contributed by atoms with van der Waals surface area (Å²) in [6.07, 6.45) is -0.634. The number of primary amides is 1. The third kappa shape index (κ3) is 3.06. The van der Waals surface area contributed by atoms with Gasteiger partial charge in [-0.25, -0.2) is 14.7 Å². The van der Waals surface area contributed by atoms with E-state index in [1.54, 1.807) is 6.92 Å². The number of ether oxygens (including phenoxy) is 1. The molecular formula is C14H17N3O4S. The zero-order chi connectivity index (χ0) is 16.4. The van der Waals surface area contributed by atoms with Gasteiger partial charge in [-0.1, -0.05) is 11.8 Å². The molecule has 0 spiro atoms. The molecule has 1 fully saturated rings. The SMILES string of the molecule is Cc1nc(SCC(=O)N2CCOC2=O)c(C(N)=O)c(C)c1C. The van der Waals surface area contributed by atoms with Gasteiger partial charge in [0.25, 0.3) is 5.91 Å². The molecule has 1 saturated heterocycles. The van der Waals surface area contributed by atoms with Gasteiger partial charge in [-0.15, -0.1) is 0 Å². The molecule has 0 aliphatic carbocycles. The number of aromatic nitrogens is 1. The van der Waals surface area contributed by atoms with E-state index in [-0.39, 0.29) is 24.8 Å². The molecule has 0 bridgehead atoms. The minimum absolute atomic E-state index is 0.00960. The van der Waals surface area contributed by atoms with Crippen LogP contribution in [0.3, 0.4) is 0 Å². The number of nitrogens with two attached hydrogens (primary N) is 1. The van der Waals surface area contributed by atoms with Crippen molar-refractivity contribution in [3.05, 3.63) is 22.4 Å². The van der Waals surface area contributed by atoms with Gasteiger partial charge in [-0.05, 0) is 31.9 Å². The first-order chi connectivity index (χ1) is 10.3. The van der Waals surface area contributed by atoms with E-state index in [4.69, 9.17) is 10.5 Å². The van der Waals surface area contributed by atoms with Crippen molar-refractivity contribution in [3.63, 3.8) is 0 Å². The molecule has 0 unspecified atom stereocenters. The minimum Gasteiger partial charge on any atom is -0.447 e. The standard InChI is InChI=1S/C14H17N3O4S/c1-7-8(2)11(12(15)19)13(16-9(7)3)22-6-10(18)17-4-5-21-14(17)20/h4-6H2,1-3H3,(H2,15,19). The highest BCUT2D eigenvalue weighted by atomic mass is 32.2. The average Bonchev–Trinajstić information content (AvgIpc) is 2.87. The third-order valence-corrected chi connectivity index (χ3v) is 4.56. The zero-order valence-corrected chi connectivity index (χ0v) is 13.5.